The summed E-state index contributed by atoms with van der Waals surface area (Å²) in [6.45, 7) is -0.212. The lowest BCUT2D eigenvalue weighted by molar-refractivity contribution is -0.120. The lowest BCUT2D eigenvalue weighted by Gasteiger charge is -2.33. The molecule has 1 aliphatic carbocycles. The molecule has 0 aromatic heterocycles. The topological polar surface area (TPSA) is 66.5 Å². The van der Waals surface area contributed by atoms with Gasteiger partial charge in [0.1, 0.15) is 6.54 Å². The van der Waals surface area contributed by atoms with E-state index >= 15 is 0 Å². The number of carbonyl (C=O) groups is 1. The van der Waals surface area contributed by atoms with Crippen molar-refractivity contribution in [2.24, 2.45) is 0 Å². The van der Waals surface area contributed by atoms with E-state index in [0.717, 1.165) is 35.7 Å². The second-order valence-corrected chi connectivity index (χ2v) is 9.73. The third kappa shape index (κ3) is 3.38. The second-order valence-electron chi connectivity index (χ2n) is 7.04. The Hall–Kier alpha value is -1.86. The molecule has 0 radical (unpaired) electrons. The van der Waals surface area contributed by atoms with Gasteiger partial charge in [-0.3, -0.25) is 9.10 Å². The number of nitrogens with zero attached hydrogens (tertiary/aromatic N) is 1. The Balaban J connectivity index is 1.70. The number of rotatable bonds is 3. The van der Waals surface area contributed by atoms with Crippen molar-refractivity contribution in [3.63, 3.8) is 0 Å². The lowest BCUT2D eigenvalue weighted by Crippen LogP contribution is -2.45. The molecule has 0 atom stereocenters. The maximum absolute atomic E-state index is 13.2. The summed E-state index contributed by atoms with van der Waals surface area (Å²) in [5.74, 6) is -0.254. The van der Waals surface area contributed by atoms with Crippen LogP contribution < -0.4 is 9.62 Å². The summed E-state index contributed by atoms with van der Waals surface area (Å²) in [5, 5.41) is 3.02. The summed E-state index contributed by atoms with van der Waals surface area (Å²) in [6, 6.07) is 12.5. The van der Waals surface area contributed by atoms with Crippen molar-refractivity contribution < 1.29 is 13.2 Å². The first kappa shape index (κ1) is 18.5. The first-order valence-electron chi connectivity index (χ1n) is 9.18. The van der Waals surface area contributed by atoms with Crippen molar-refractivity contribution in [2.45, 2.75) is 43.0 Å². The number of amides is 1. The van der Waals surface area contributed by atoms with Gasteiger partial charge in [0.2, 0.25) is 5.91 Å². The molecule has 0 unspecified atom stereocenters. The minimum atomic E-state index is -3.80. The van der Waals surface area contributed by atoms with Crippen molar-refractivity contribution in [3.8, 4) is 11.1 Å². The second kappa shape index (κ2) is 7.28. The number of hydrogen-bond donors (Lipinski definition) is 1. The van der Waals surface area contributed by atoms with Crippen LogP contribution in [0.25, 0.3) is 11.1 Å². The molecule has 4 rings (SSSR count). The first-order chi connectivity index (χ1) is 13.0. The van der Waals surface area contributed by atoms with E-state index in [4.69, 9.17) is 0 Å². The van der Waals surface area contributed by atoms with Gasteiger partial charge in [0, 0.05) is 21.6 Å². The molecule has 2 aromatic carbocycles. The molecule has 5 nitrogen and oxygen atoms in total. The molecule has 1 heterocycles. The average Bonchev–Trinajstić information content (AvgIpc) is 2.66. The number of carbonyl (C=O) groups excluding carboxylic acids is 1. The zero-order valence-electron chi connectivity index (χ0n) is 14.8. The normalized spacial score (nSPS) is 18.5. The zero-order valence-corrected chi connectivity index (χ0v) is 17.2. The Morgan fingerprint density at radius 1 is 1.07 bits per heavy atom. The molecule has 7 heteroatoms. The molecule has 2 aliphatic rings. The Morgan fingerprint density at radius 3 is 2.59 bits per heavy atom. The van der Waals surface area contributed by atoms with Gasteiger partial charge in [-0.05, 0) is 31.0 Å². The first-order valence-corrected chi connectivity index (χ1v) is 11.4. The van der Waals surface area contributed by atoms with Crippen LogP contribution in [0.1, 0.15) is 32.1 Å². The van der Waals surface area contributed by atoms with Crippen LogP contribution in [0.5, 0.6) is 0 Å². The summed E-state index contributed by atoms with van der Waals surface area (Å²) in [7, 11) is -3.80. The summed E-state index contributed by atoms with van der Waals surface area (Å²) in [5.41, 5.74) is 1.99. The minimum Gasteiger partial charge on any atom is -0.352 e. The maximum Gasteiger partial charge on any atom is 0.265 e. The lowest BCUT2D eigenvalue weighted by atomic mass is 9.95. The van der Waals surface area contributed by atoms with Gasteiger partial charge in [-0.15, -0.1) is 0 Å². The van der Waals surface area contributed by atoms with Crippen LogP contribution in [0.2, 0.25) is 0 Å². The van der Waals surface area contributed by atoms with E-state index in [2.05, 4.69) is 21.2 Å². The van der Waals surface area contributed by atoms with Crippen LogP contribution in [0.15, 0.2) is 51.8 Å². The van der Waals surface area contributed by atoms with Gasteiger partial charge >= 0.3 is 0 Å². The van der Waals surface area contributed by atoms with Gasteiger partial charge in [-0.2, -0.15) is 0 Å². The monoisotopic (exact) mass is 448 g/mol. The van der Waals surface area contributed by atoms with E-state index in [9.17, 15) is 13.2 Å². The Labute approximate surface area is 167 Å². The fourth-order valence-corrected chi connectivity index (χ4v) is 6.16. The summed E-state index contributed by atoms with van der Waals surface area (Å²) in [4.78, 5) is 12.9. The van der Waals surface area contributed by atoms with Gasteiger partial charge in [0.05, 0.1) is 10.6 Å². The fourth-order valence-electron chi connectivity index (χ4n) is 3.95. The van der Waals surface area contributed by atoms with Gasteiger partial charge in [-0.1, -0.05) is 59.5 Å². The van der Waals surface area contributed by atoms with E-state index in [1.54, 1.807) is 30.3 Å². The predicted molar refractivity (Wildman–Crippen MR) is 109 cm³/mol. The van der Waals surface area contributed by atoms with E-state index in [0.29, 0.717) is 11.3 Å². The van der Waals surface area contributed by atoms with Crippen LogP contribution in [0.3, 0.4) is 0 Å². The maximum atomic E-state index is 13.2. The van der Waals surface area contributed by atoms with Crippen LogP contribution in [-0.4, -0.2) is 26.9 Å². The number of nitrogens with one attached hydrogen (secondary N) is 1. The highest BCUT2D eigenvalue weighted by molar-refractivity contribution is 9.10. The van der Waals surface area contributed by atoms with Crippen molar-refractivity contribution in [2.75, 3.05) is 10.8 Å². The molecule has 1 saturated carbocycles. The Bertz CT molecular complexity index is 984. The van der Waals surface area contributed by atoms with Gasteiger partial charge in [-0.25, -0.2) is 8.42 Å². The van der Waals surface area contributed by atoms with Crippen molar-refractivity contribution in [1.29, 1.82) is 0 Å². The van der Waals surface area contributed by atoms with Crippen LogP contribution >= 0.6 is 15.9 Å². The van der Waals surface area contributed by atoms with Gasteiger partial charge in [0.15, 0.2) is 0 Å². The SMILES string of the molecule is O=C(CN1c2cccc(Br)c2-c2ccccc2S1(=O)=O)NC1CCCCC1. The van der Waals surface area contributed by atoms with E-state index < -0.39 is 10.0 Å². The zero-order chi connectivity index (χ0) is 19.0. The Morgan fingerprint density at radius 2 is 1.81 bits per heavy atom. The number of hydrogen-bond acceptors (Lipinski definition) is 3. The molecule has 0 saturated heterocycles. The molecule has 0 spiro atoms. The van der Waals surface area contributed by atoms with E-state index in [1.165, 1.54) is 10.7 Å². The third-order valence-electron chi connectivity index (χ3n) is 5.24. The number of benzene rings is 2. The molecule has 2 aromatic rings. The molecule has 0 bridgehead atoms. The highest BCUT2D eigenvalue weighted by Crippen LogP contribution is 2.46. The number of sulfonamides is 1. The fraction of sp³-hybridized carbons (Fsp3) is 0.350. The molecule has 1 N–H and O–H groups in total. The average molecular weight is 449 g/mol. The van der Waals surface area contributed by atoms with Crippen LogP contribution in [0.4, 0.5) is 5.69 Å². The van der Waals surface area contributed by atoms with Crippen molar-refractivity contribution in [1.82, 2.24) is 5.32 Å². The number of anilines is 1. The highest BCUT2D eigenvalue weighted by atomic mass is 79.9. The number of fused-ring (bicyclic) bond motifs is 3. The molecule has 27 heavy (non-hydrogen) atoms. The molecule has 1 amide bonds. The summed E-state index contributed by atoms with van der Waals surface area (Å²) < 4.78 is 28.5. The summed E-state index contributed by atoms with van der Waals surface area (Å²) in [6.07, 6.45) is 5.34. The summed E-state index contributed by atoms with van der Waals surface area (Å²) >= 11 is 3.54. The van der Waals surface area contributed by atoms with E-state index in [1.807, 2.05) is 12.1 Å². The van der Waals surface area contributed by atoms with Gasteiger partial charge in [0.25, 0.3) is 10.0 Å². The van der Waals surface area contributed by atoms with Crippen LogP contribution in [0, 0.1) is 0 Å². The quantitative estimate of drug-likeness (QED) is 0.768. The smallest absolute Gasteiger partial charge is 0.265 e. The molecular weight excluding hydrogens is 428 g/mol. The van der Waals surface area contributed by atoms with E-state index in [-0.39, 0.29) is 23.4 Å². The molecular formula is C20H21BrN2O3S. The molecule has 1 fully saturated rings. The Kier molecular flexibility index (Phi) is 4.99. The number of halogens is 1. The molecule has 142 valence electrons. The molecule has 1 aliphatic heterocycles. The largest absolute Gasteiger partial charge is 0.352 e. The highest BCUT2D eigenvalue weighted by Gasteiger charge is 2.36. The predicted octanol–water partition coefficient (Wildman–Crippen LogP) is 4.07. The standard InChI is InChI=1S/C20H21BrN2O3S/c21-16-10-6-11-17-20(16)15-9-4-5-12-18(15)27(25,26)23(17)13-19(24)22-14-7-2-1-3-8-14/h4-6,9-12,14H,1-3,7-8,13H2,(H,22,24). The minimum absolute atomic E-state index is 0.146. The van der Waals surface area contributed by atoms with Crippen molar-refractivity contribution >= 4 is 37.5 Å². The van der Waals surface area contributed by atoms with Crippen molar-refractivity contribution in [3.05, 3.63) is 46.9 Å². The van der Waals surface area contributed by atoms with Gasteiger partial charge < -0.3 is 5.32 Å². The van der Waals surface area contributed by atoms with Crippen LogP contribution in [-0.2, 0) is 14.8 Å². The third-order valence-corrected chi connectivity index (χ3v) is 7.72.